The molecule has 6 heteroatoms. The maximum absolute atomic E-state index is 13.0. The summed E-state index contributed by atoms with van der Waals surface area (Å²) in [5.41, 5.74) is 2.68. The number of nitrogens with zero attached hydrogens (tertiary/aromatic N) is 2. The van der Waals surface area contributed by atoms with Gasteiger partial charge in [0.05, 0.1) is 5.52 Å². The summed E-state index contributed by atoms with van der Waals surface area (Å²) in [6.07, 6.45) is 3.64. The molecule has 3 aromatic rings. The molecule has 2 heterocycles. The third kappa shape index (κ3) is 4.06. The summed E-state index contributed by atoms with van der Waals surface area (Å²) >= 11 is 0. The van der Waals surface area contributed by atoms with Crippen molar-refractivity contribution in [3.63, 3.8) is 0 Å². The Balaban J connectivity index is 1.93. The van der Waals surface area contributed by atoms with Crippen LogP contribution in [0.15, 0.2) is 48.7 Å². The molecule has 0 radical (unpaired) electrons. The zero-order valence-electron chi connectivity index (χ0n) is 16.5. The number of rotatable bonds is 7. The van der Waals surface area contributed by atoms with Crippen molar-refractivity contribution in [1.29, 1.82) is 0 Å². The smallest absolute Gasteiger partial charge is 0.292 e. The molecular formula is C22H26N4O2. The van der Waals surface area contributed by atoms with Gasteiger partial charge in [-0.25, -0.2) is 4.98 Å². The van der Waals surface area contributed by atoms with Gasteiger partial charge in [-0.2, -0.15) is 0 Å². The number of benzene rings is 1. The second-order valence-corrected chi connectivity index (χ2v) is 7.05. The number of amides is 2. The van der Waals surface area contributed by atoms with Crippen LogP contribution in [-0.2, 0) is 0 Å². The first-order valence-corrected chi connectivity index (χ1v) is 9.68. The highest BCUT2D eigenvalue weighted by atomic mass is 16.2. The number of carbonyl (C=O) groups is 2. The largest absolute Gasteiger partial charge is 0.351 e. The summed E-state index contributed by atoms with van der Waals surface area (Å²) in [5, 5.41) is 5.82. The highest BCUT2D eigenvalue weighted by Crippen LogP contribution is 2.24. The van der Waals surface area contributed by atoms with Crippen molar-refractivity contribution in [2.75, 3.05) is 11.9 Å². The average molecular weight is 378 g/mol. The summed E-state index contributed by atoms with van der Waals surface area (Å²) in [4.78, 5) is 29.9. The van der Waals surface area contributed by atoms with Crippen LogP contribution in [0.1, 0.15) is 66.2 Å². The van der Waals surface area contributed by atoms with E-state index >= 15 is 0 Å². The van der Waals surface area contributed by atoms with Gasteiger partial charge in [-0.3, -0.25) is 14.0 Å². The zero-order valence-corrected chi connectivity index (χ0v) is 16.5. The van der Waals surface area contributed by atoms with Crippen LogP contribution in [0.3, 0.4) is 0 Å². The Labute approximate surface area is 165 Å². The minimum atomic E-state index is -0.345. The summed E-state index contributed by atoms with van der Waals surface area (Å²) in [6.45, 7) is 6.81. The third-order valence-corrected chi connectivity index (χ3v) is 4.61. The molecule has 2 N–H and O–H groups in total. The fourth-order valence-corrected chi connectivity index (χ4v) is 3.12. The normalized spacial score (nSPS) is 11.0. The van der Waals surface area contributed by atoms with E-state index in [4.69, 9.17) is 0 Å². The minimum absolute atomic E-state index is 0.190. The second-order valence-electron chi connectivity index (χ2n) is 7.05. The van der Waals surface area contributed by atoms with Gasteiger partial charge in [-0.1, -0.05) is 51.5 Å². The third-order valence-electron chi connectivity index (χ3n) is 4.61. The van der Waals surface area contributed by atoms with Crippen LogP contribution in [0.5, 0.6) is 0 Å². The van der Waals surface area contributed by atoms with E-state index in [-0.39, 0.29) is 29.3 Å². The predicted molar refractivity (Wildman–Crippen MR) is 111 cm³/mol. The predicted octanol–water partition coefficient (Wildman–Crippen LogP) is 4.24. The number of anilines is 1. The quantitative estimate of drug-likeness (QED) is 0.604. The van der Waals surface area contributed by atoms with Gasteiger partial charge in [0.2, 0.25) is 5.82 Å². The van der Waals surface area contributed by atoms with Crippen molar-refractivity contribution in [1.82, 2.24) is 14.7 Å². The molecule has 2 amide bonds. The Kier molecular flexibility index (Phi) is 6.09. The molecule has 146 valence electrons. The highest BCUT2D eigenvalue weighted by molar-refractivity contribution is 6.06. The summed E-state index contributed by atoms with van der Waals surface area (Å²) in [6, 6.07) is 13.1. The lowest BCUT2D eigenvalue weighted by Crippen LogP contribution is -2.25. The lowest BCUT2D eigenvalue weighted by Gasteiger charge is -2.13. The van der Waals surface area contributed by atoms with Gasteiger partial charge < -0.3 is 10.6 Å². The van der Waals surface area contributed by atoms with Crippen LogP contribution in [-0.4, -0.2) is 27.7 Å². The lowest BCUT2D eigenvalue weighted by molar-refractivity contribution is 0.0950. The molecule has 2 aromatic heterocycles. The number of unbranched alkanes of at least 4 members (excludes halogenated alkanes) is 1. The Morgan fingerprint density at radius 1 is 1.07 bits per heavy atom. The van der Waals surface area contributed by atoms with E-state index in [2.05, 4.69) is 36.4 Å². The van der Waals surface area contributed by atoms with Gasteiger partial charge >= 0.3 is 0 Å². The van der Waals surface area contributed by atoms with Gasteiger partial charge in [-0.15, -0.1) is 0 Å². The lowest BCUT2D eigenvalue weighted by atomic mass is 10.0. The summed E-state index contributed by atoms with van der Waals surface area (Å²) in [7, 11) is 0. The molecule has 0 atom stereocenters. The second kappa shape index (κ2) is 8.69. The molecule has 0 saturated carbocycles. The number of para-hydroxylation sites is 1. The molecule has 0 saturated heterocycles. The van der Waals surface area contributed by atoms with Crippen molar-refractivity contribution in [3.8, 4) is 0 Å². The molecule has 6 nitrogen and oxygen atoms in total. The highest BCUT2D eigenvalue weighted by Gasteiger charge is 2.22. The number of nitrogens with one attached hydrogen (secondary N) is 2. The summed E-state index contributed by atoms with van der Waals surface area (Å²) < 4.78 is 1.65. The van der Waals surface area contributed by atoms with E-state index in [1.165, 1.54) is 0 Å². The van der Waals surface area contributed by atoms with E-state index in [0.717, 1.165) is 24.1 Å². The van der Waals surface area contributed by atoms with Gasteiger partial charge in [0, 0.05) is 18.4 Å². The van der Waals surface area contributed by atoms with E-state index < -0.39 is 0 Å². The fraction of sp³-hybridized carbons (Fsp3) is 0.318. The van der Waals surface area contributed by atoms with Crippen LogP contribution >= 0.6 is 0 Å². The van der Waals surface area contributed by atoms with Crippen molar-refractivity contribution < 1.29 is 9.59 Å². The number of pyridine rings is 1. The van der Waals surface area contributed by atoms with Crippen LogP contribution in [0.4, 0.5) is 5.69 Å². The molecule has 1 aromatic carbocycles. The number of fused-ring (bicyclic) bond motifs is 1. The first-order chi connectivity index (χ1) is 13.5. The van der Waals surface area contributed by atoms with Gasteiger partial charge in [-0.05, 0) is 36.1 Å². The van der Waals surface area contributed by atoms with Gasteiger partial charge in [0.15, 0.2) is 5.69 Å². The molecular weight excluding hydrogens is 352 g/mol. The molecule has 0 unspecified atom stereocenters. The van der Waals surface area contributed by atoms with Crippen molar-refractivity contribution >= 4 is 23.0 Å². The number of hydrogen-bond acceptors (Lipinski definition) is 3. The zero-order chi connectivity index (χ0) is 20.1. The average Bonchev–Trinajstić information content (AvgIpc) is 3.08. The Morgan fingerprint density at radius 2 is 1.82 bits per heavy atom. The SMILES string of the molecule is CCCCNC(=O)c1nc(C(=O)Nc2ccccc2C(C)C)n2ccccc12. The Bertz CT molecular complexity index is 991. The summed E-state index contributed by atoms with van der Waals surface area (Å²) in [5.74, 6) is -0.149. The van der Waals surface area contributed by atoms with Crippen molar-refractivity contribution in [3.05, 3.63) is 65.7 Å². The van der Waals surface area contributed by atoms with E-state index in [0.29, 0.717) is 12.1 Å². The first-order valence-electron chi connectivity index (χ1n) is 9.68. The maximum Gasteiger partial charge on any atom is 0.292 e. The van der Waals surface area contributed by atoms with Gasteiger partial charge in [0.1, 0.15) is 0 Å². The topological polar surface area (TPSA) is 75.5 Å². The van der Waals surface area contributed by atoms with Crippen LogP contribution in [0, 0.1) is 0 Å². The molecule has 0 bridgehead atoms. The monoisotopic (exact) mass is 378 g/mol. The number of carbonyl (C=O) groups excluding carboxylic acids is 2. The molecule has 0 aliphatic rings. The number of aromatic nitrogens is 2. The minimum Gasteiger partial charge on any atom is -0.351 e. The molecule has 3 rings (SSSR count). The van der Waals surface area contributed by atoms with Crippen LogP contribution < -0.4 is 10.6 Å². The molecule has 0 aliphatic carbocycles. The standard InChI is InChI=1S/C22H26N4O2/c1-4-5-13-23-21(27)19-18-12-8-9-14-26(18)20(25-19)22(28)24-17-11-7-6-10-16(17)15(2)3/h6-12,14-15H,4-5,13H2,1-3H3,(H,23,27)(H,24,28). The molecule has 0 aliphatic heterocycles. The molecule has 28 heavy (non-hydrogen) atoms. The maximum atomic E-state index is 13.0. The Hall–Kier alpha value is -3.15. The van der Waals surface area contributed by atoms with Crippen molar-refractivity contribution in [2.24, 2.45) is 0 Å². The number of hydrogen-bond donors (Lipinski definition) is 2. The van der Waals surface area contributed by atoms with Crippen molar-refractivity contribution in [2.45, 2.75) is 39.5 Å². The van der Waals surface area contributed by atoms with E-state index in [9.17, 15) is 9.59 Å². The van der Waals surface area contributed by atoms with Gasteiger partial charge in [0.25, 0.3) is 11.8 Å². The van der Waals surface area contributed by atoms with Crippen LogP contribution in [0.25, 0.3) is 5.52 Å². The van der Waals surface area contributed by atoms with Crippen LogP contribution in [0.2, 0.25) is 0 Å². The molecule has 0 spiro atoms. The van der Waals surface area contributed by atoms with E-state index in [1.807, 2.05) is 36.4 Å². The first kappa shape index (κ1) is 19.6. The molecule has 0 fully saturated rings. The fourth-order valence-electron chi connectivity index (χ4n) is 3.12. The van der Waals surface area contributed by atoms with E-state index in [1.54, 1.807) is 16.7 Å². The Morgan fingerprint density at radius 3 is 2.57 bits per heavy atom. The number of imidazole rings is 1.